The number of rotatable bonds is 2. The van der Waals surface area contributed by atoms with E-state index in [4.69, 9.17) is 5.73 Å². The van der Waals surface area contributed by atoms with Gasteiger partial charge in [-0.15, -0.1) is 0 Å². The Labute approximate surface area is 102 Å². The zero-order valence-electron chi connectivity index (χ0n) is 9.65. The molecular formula is C12H14F4N2. The van der Waals surface area contributed by atoms with Crippen molar-refractivity contribution in [3.8, 4) is 0 Å². The maximum Gasteiger partial charge on any atom is 0.272 e. The van der Waals surface area contributed by atoms with Gasteiger partial charge in [0.2, 0.25) is 0 Å². The predicted molar refractivity (Wildman–Crippen MR) is 60.6 cm³/mol. The first-order chi connectivity index (χ1) is 8.43. The topological polar surface area (TPSA) is 38.0 Å². The zero-order valence-corrected chi connectivity index (χ0v) is 9.65. The third-order valence-electron chi connectivity index (χ3n) is 3.37. The quantitative estimate of drug-likeness (QED) is 0.635. The fraction of sp³-hybridized carbons (Fsp3) is 0.500. The van der Waals surface area contributed by atoms with Crippen LogP contribution in [0.25, 0.3) is 0 Å². The number of hydrogen-bond donors (Lipinski definition) is 2. The average Bonchev–Trinajstić information content (AvgIpc) is 2.33. The van der Waals surface area contributed by atoms with Gasteiger partial charge in [0.05, 0.1) is 0 Å². The van der Waals surface area contributed by atoms with Crippen molar-refractivity contribution < 1.29 is 17.6 Å². The molecule has 0 amide bonds. The Morgan fingerprint density at radius 1 is 1.33 bits per heavy atom. The molecule has 100 valence electrons. The number of alkyl halides is 3. The molecule has 0 unspecified atom stereocenters. The highest BCUT2D eigenvalue weighted by Crippen LogP contribution is 2.44. The number of nitrogens with two attached hydrogens (primary N) is 1. The van der Waals surface area contributed by atoms with E-state index in [1.54, 1.807) is 0 Å². The van der Waals surface area contributed by atoms with Gasteiger partial charge in [0.25, 0.3) is 5.92 Å². The van der Waals surface area contributed by atoms with Gasteiger partial charge >= 0.3 is 0 Å². The molecule has 0 bridgehead atoms. The van der Waals surface area contributed by atoms with Crippen molar-refractivity contribution in [2.24, 2.45) is 0 Å². The molecule has 6 heteroatoms. The summed E-state index contributed by atoms with van der Waals surface area (Å²) in [6, 6.07) is 3.31. The van der Waals surface area contributed by atoms with Crippen molar-refractivity contribution in [1.29, 1.82) is 0 Å². The molecule has 2 rings (SSSR count). The number of benzene rings is 1. The van der Waals surface area contributed by atoms with Crippen molar-refractivity contribution >= 4 is 5.69 Å². The normalized spacial score (nSPS) is 27.1. The Kier molecular flexibility index (Phi) is 3.23. The highest BCUT2D eigenvalue weighted by molar-refractivity contribution is 5.45. The number of nitrogen functional groups attached to an aromatic ring is 1. The van der Waals surface area contributed by atoms with Gasteiger partial charge in [0, 0.05) is 17.7 Å². The molecule has 0 aromatic heterocycles. The van der Waals surface area contributed by atoms with Crippen LogP contribution in [0.2, 0.25) is 0 Å². The lowest BCUT2D eigenvalue weighted by atomic mass is 9.79. The van der Waals surface area contributed by atoms with Gasteiger partial charge in [-0.3, -0.25) is 0 Å². The summed E-state index contributed by atoms with van der Waals surface area (Å²) in [5.74, 6) is -4.23. The minimum absolute atomic E-state index is 0.127. The molecule has 1 atom stereocenters. The molecule has 2 nitrogen and oxygen atoms in total. The maximum absolute atomic E-state index is 14.0. The Morgan fingerprint density at radius 3 is 2.67 bits per heavy atom. The lowest BCUT2D eigenvalue weighted by Crippen LogP contribution is -2.61. The van der Waals surface area contributed by atoms with Crippen LogP contribution in [0.15, 0.2) is 18.2 Å². The summed E-state index contributed by atoms with van der Waals surface area (Å²) < 4.78 is 55.0. The second kappa shape index (κ2) is 4.42. The molecule has 0 radical (unpaired) electrons. The maximum atomic E-state index is 14.0. The van der Waals surface area contributed by atoms with Gasteiger partial charge in [-0.25, -0.2) is 17.6 Å². The first kappa shape index (κ1) is 13.1. The highest BCUT2D eigenvalue weighted by atomic mass is 19.3. The minimum atomic E-state index is -3.35. The summed E-state index contributed by atoms with van der Waals surface area (Å²) in [4.78, 5) is 0. The highest BCUT2D eigenvalue weighted by Gasteiger charge is 2.57. The van der Waals surface area contributed by atoms with E-state index in [0.717, 1.165) is 12.1 Å². The third kappa shape index (κ3) is 1.84. The molecule has 0 aliphatic carbocycles. The first-order valence-electron chi connectivity index (χ1n) is 5.67. The molecule has 1 fully saturated rings. The van der Waals surface area contributed by atoms with Crippen molar-refractivity contribution in [3.63, 3.8) is 0 Å². The van der Waals surface area contributed by atoms with E-state index >= 15 is 0 Å². The van der Waals surface area contributed by atoms with E-state index in [1.807, 2.05) is 0 Å². The summed E-state index contributed by atoms with van der Waals surface area (Å²) in [7, 11) is 0. The van der Waals surface area contributed by atoms with Crippen molar-refractivity contribution in [2.75, 3.05) is 19.0 Å². The van der Waals surface area contributed by atoms with Crippen LogP contribution in [0.1, 0.15) is 18.4 Å². The van der Waals surface area contributed by atoms with E-state index in [9.17, 15) is 17.6 Å². The van der Waals surface area contributed by atoms with Crippen LogP contribution in [-0.2, 0) is 5.54 Å². The fourth-order valence-electron chi connectivity index (χ4n) is 2.33. The molecule has 0 spiro atoms. The molecular weight excluding hydrogens is 248 g/mol. The van der Waals surface area contributed by atoms with Gasteiger partial charge < -0.3 is 11.1 Å². The molecule has 3 N–H and O–H groups in total. The van der Waals surface area contributed by atoms with E-state index in [0.29, 0.717) is 0 Å². The molecule has 1 saturated heterocycles. The van der Waals surface area contributed by atoms with Gasteiger partial charge in [0.15, 0.2) is 0 Å². The van der Waals surface area contributed by atoms with E-state index in [-0.39, 0.29) is 18.7 Å². The van der Waals surface area contributed by atoms with Gasteiger partial charge in [0.1, 0.15) is 18.0 Å². The lowest BCUT2D eigenvalue weighted by Gasteiger charge is -2.43. The van der Waals surface area contributed by atoms with Crippen LogP contribution in [0, 0.1) is 5.82 Å². The summed E-state index contributed by atoms with van der Waals surface area (Å²) >= 11 is 0. The number of halogens is 4. The summed E-state index contributed by atoms with van der Waals surface area (Å²) in [5, 5.41) is 2.44. The Morgan fingerprint density at radius 2 is 2.06 bits per heavy atom. The monoisotopic (exact) mass is 262 g/mol. The fourth-order valence-corrected chi connectivity index (χ4v) is 2.33. The average molecular weight is 262 g/mol. The summed E-state index contributed by atoms with van der Waals surface area (Å²) in [6.45, 7) is -1.17. The number of piperidine rings is 1. The number of anilines is 1. The molecule has 1 aromatic rings. The van der Waals surface area contributed by atoms with Crippen LogP contribution in [-0.4, -0.2) is 19.1 Å². The van der Waals surface area contributed by atoms with Crippen LogP contribution < -0.4 is 11.1 Å². The molecule has 1 aromatic carbocycles. The summed E-state index contributed by atoms with van der Waals surface area (Å²) in [6.07, 6.45) is -0.253. The van der Waals surface area contributed by atoms with Gasteiger partial charge in [-0.2, -0.15) is 0 Å². The van der Waals surface area contributed by atoms with Gasteiger partial charge in [-0.1, -0.05) is 0 Å². The van der Waals surface area contributed by atoms with Gasteiger partial charge in [-0.05, 0) is 31.2 Å². The standard InChI is InChI=1S/C12H14F4N2/c13-7-11(12(15,16)4-1-5-18-11)9-6-8(17)2-3-10(9)14/h2-3,6,18H,1,4-5,7,17H2/t11-/m1/s1. The van der Waals surface area contributed by atoms with Crippen LogP contribution in [0.4, 0.5) is 23.2 Å². The number of nitrogens with one attached hydrogen (secondary N) is 1. The Balaban J connectivity index is 2.58. The summed E-state index contributed by atoms with van der Waals surface area (Å²) in [5.41, 5.74) is 2.88. The molecule has 1 aliphatic rings. The van der Waals surface area contributed by atoms with E-state index in [2.05, 4.69) is 5.32 Å². The molecule has 1 aliphatic heterocycles. The second-order valence-corrected chi connectivity index (χ2v) is 4.51. The zero-order chi connectivity index (χ0) is 13.4. The SMILES string of the molecule is Nc1ccc(F)c([C@@]2(CF)NCCCC2(F)F)c1. The molecule has 18 heavy (non-hydrogen) atoms. The van der Waals surface area contributed by atoms with E-state index < -0.39 is 35.9 Å². The van der Waals surface area contributed by atoms with Crippen molar-refractivity contribution in [2.45, 2.75) is 24.3 Å². The lowest BCUT2D eigenvalue weighted by molar-refractivity contribution is -0.126. The van der Waals surface area contributed by atoms with Crippen LogP contribution >= 0.6 is 0 Å². The van der Waals surface area contributed by atoms with Crippen LogP contribution in [0.5, 0.6) is 0 Å². The second-order valence-electron chi connectivity index (χ2n) is 4.51. The third-order valence-corrected chi connectivity index (χ3v) is 3.37. The van der Waals surface area contributed by atoms with Crippen LogP contribution in [0.3, 0.4) is 0 Å². The molecule has 0 saturated carbocycles. The van der Waals surface area contributed by atoms with E-state index in [1.165, 1.54) is 6.07 Å². The molecule has 1 heterocycles. The largest absolute Gasteiger partial charge is 0.399 e. The predicted octanol–water partition coefficient (Wildman–Crippen LogP) is 2.59. The smallest absolute Gasteiger partial charge is 0.272 e. The first-order valence-corrected chi connectivity index (χ1v) is 5.67. The van der Waals surface area contributed by atoms with Crippen molar-refractivity contribution in [1.82, 2.24) is 5.32 Å². The Hall–Kier alpha value is -1.30. The Bertz CT molecular complexity index is 450. The minimum Gasteiger partial charge on any atom is -0.399 e. The van der Waals surface area contributed by atoms with Crippen molar-refractivity contribution in [3.05, 3.63) is 29.6 Å². The number of hydrogen-bond acceptors (Lipinski definition) is 2.